The van der Waals surface area contributed by atoms with Gasteiger partial charge in [0.25, 0.3) is 11.8 Å². The number of benzodiazepines with no additional fused rings is 1. The number of nitrogens with zero attached hydrogens (tertiary/aromatic N) is 5. The van der Waals surface area contributed by atoms with Gasteiger partial charge < -0.3 is 24.7 Å². The highest BCUT2D eigenvalue weighted by Gasteiger charge is 2.35. The third kappa shape index (κ3) is 5.35. The van der Waals surface area contributed by atoms with E-state index in [9.17, 15) is 18.0 Å². The smallest absolute Gasteiger partial charge is 0.402 e. The Morgan fingerprint density at radius 3 is 2.63 bits per heavy atom. The highest BCUT2D eigenvalue weighted by atomic mass is 19.4. The summed E-state index contributed by atoms with van der Waals surface area (Å²) in [6.07, 6.45) is -5.01. The number of morpholine rings is 1. The molecule has 0 radical (unpaired) electrons. The highest BCUT2D eigenvalue weighted by molar-refractivity contribution is 6.19. The van der Waals surface area contributed by atoms with Crippen LogP contribution in [-0.2, 0) is 15.7 Å². The van der Waals surface area contributed by atoms with Gasteiger partial charge in [0.05, 0.1) is 35.9 Å². The van der Waals surface area contributed by atoms with E-state index < -0.39 is 23.8 Å². The fourth-order valence-electron chi connectivity index (χ4n) is 4.75. The minimum Gasteiger partial charge on any atom is -0.402 e. The van der Waals surface area contributed by atoms with Crippen molar-refractivity contribution in [3.63, 3.8) is 0 Å². The lowest BCUT2D eigenvalue weighted by Gasteiger charge is -2.36. The average molecular weight is 564 g/mol. The van der Waals surface area contributed by atoms with Gasteiger partial charge in [0.1, 0.15) is 0 Å². The number of rotatable bonds is 5. The van der Waals surface area contributed by atoms with E-state index in [0.29, 0.717) is 31.2 Å². The van der Waals surface area contributed by atoms with Gasteiger partial charge in [-0.1, -0.05) is 53.6 Å². The molecule has 4 heterocycles. The molecule has 10 nitrogen and oxygen atoms in total. The quantitative estimate of drug-likeness (QED) is 0.362. The van der Waals surface area contributed by atoms with Gasteiger partial charge in [-0.2, -0.15) is 13.2 Å². The van der Waals surface area contributed by atoms with E-state index in [4.69, 9.17) is 9.15 Å². The lowest BCUT2D eigenvalue weighted by atomic mass is 10.0. The first-order chi connectivity index (χ1) is 19.8. The van der Waals surface area contributed by atoms with Crippen molar-refractivity contribution >= 4 is 29.0 Å². The third-order valence-corrected chi connectivity index (χ3v) is 6.75. The van der Waals surface area contributed by atoms with Crippen LogP contribution in [0, 0.1) is 0 Å². The number of ether oxygens (including phenoxy) is 1. The Morgan fingerprint density at radius 1 is 1.07 bits per heavy atom. The Morgan fingerprint density at radius 2 is 1.85 bits per heavy atom. The Labute approximate surface area is 232 Å². The minimum atomic E-state index is -4.59. The molecule has 2 aromatic heterocycles. The summed E-state index contributed by atoms with van der Waals surface area (Å²) in [6, 6.07) is 17.4. The van der Waals surface area contributed by atoms with Gasteiger partial charge in [0, 0.05) is 29.9 Å². The van der Waals surface area contributed by atoms with Crippen molar-refractivity contribution in [1.29, 1.82) is 0 Å². The maximum Gasteiger partial charge on any atom is 0.417 e. The van der Waals surface area contributed by atoms with Gasteiger partial charge in [-0.05, 0) is 19.1 Å². The zero-order valence-corrected chi connectivity index (χ0v) is 21.7. The van der Waals surface area contributed by atoms with E-state index in [-0.39, 0.29) is 29.3 Å². The molecule has 4 aromatic rings. The number of fused-ring (bicyclic) bond motifs is 1. The molecule has 0 saturated carbocycles. The van der Waals surface area contributed by atoms with Gasteiger partial charge in [-0.3, -0.25) is 4.79 Å². The molecule has 1 saturated heterocycles. The monoisotopic (exact) mass is 563 g/mol. The summed E-state index contributed by atoms with van der Waals surface area (Å²) >= 11 is 0. The first kappa shape index (κ1) is 26.4. The molecule has 0 unspecified atom stereocenters. The standard InChI is InChI=1S/C28H24F3N7O3/c1-16-15-40-12-11-38(16)21-13-18(28(29,30)31)14-32-23(21)26-36-37-27(41-26)35-24-25(39)33-20-10-6-5-9-19(20)22(34-24)17-7-3-2-4-8-17/h2-10,13-14,16,24H,11-12,15H2,1H3,(H,33,39)(H,35,37)/t16-,24-/m1/s1. The van der Waals surface area contributed by atoms with Crippen LogP contribution in [0.5, 0.6) is 0 Å². The van der Waals surface area contributed by atoms with E-state index in [1.807, 2.05) is 55.5 Å². The molecule has 2 N–H and O–H groups in total. The first-order valence-corrected chi connectivity index (χ1v) is 12.8. The van der Waals surface area contributed by atoms with E-state index in [2.05, 4.69) is 30.8 Å². The van der Waals surface area contributed by atoms with Gasteiger partial charge in [-0.25, -0.2) is 9.98 Å². The summed E-state index contributed by atoms with van der Waals surface area (Å²) in [4.78, 5) is 23.7. The van der Waals surface area contributed by atoms with Crippen LogP contribution in [0.2, 0.25) is 0 Å². The van der Waals surface area contributed by atoms with Gasteiger partial charge in [0.2, 0.25) is 6.17 Å². The molecule has 2 atom stereocenters. The number of amides is 1. The number of hydrogen-bond donors (Lipinski definition) is 2. The number of alkyl halides is 3. The second kappa shape index (κ2) is 10.7. The van der Waals surface area contributed by atoms with Gasteiger partial charge >= 0.3 is 12.2 Å². The zero-order chi connectivity index (χ0) is 28.6. The second-order valence-electron chi connectivity index (χ2n) is 9.54. The fraction of sp³-hybridized carbons (Fsp3) is 0.250. The molecular formula is C28H24F3N7O3. The number of halogens is 3. The van der Waals surface area contributed by atoms with Crippen LogP contribution in [-0.4, -0.2) is 58.8 Å². The number of pyridine rings is 1. The summed E-state index contributed by atoms with van der Waals surface area (Å²) in [5, 5.41) is 13.7. The second-order valence-corrected chi connectivity index (χ2v) is 9.54. The molecule has 6 rings (SSSR count). The highest BCUT2D eigenvalue weighted by Crippen LogP contribution is 2.37. The average Bonchev–Trinajstić information content (AvgIpc) is 3.38. The number of para-hydroxylation sites is 1. The molecule has 210 valence electrons. The number of aliphatic imine (C=N–C) groups is 1. The summed E-state index contributed by atoms with van der Waals surface area (Å²) < 4.78 is 51.9. The van der Waals surface area contributed by atoms with E-state index >= 15 is 0 Å². The van der Waals surface area contributed by atoms with E-state index in [1.54, 1.807) is 11.0 Å². The Bertz CT molecular complexity index is 1610. The normalized spacial score (nSPS) is 19.2. The van der Waals surface area contributed by atoms with Crippen molar-refractivity contribution in [2.75, 3.05) is 35.3 Å². The maximum absolute atomic E-state index is 13.6. The van der Waals surface area contributed by atoms with Gasteiger partial charge in [0.15, 0.2) is 5.69 Å². The van der Waals surface area contributed by atoms with Crippen molar-refractivity contribution in [2.24, 2.45) is 4.99 Å². The van der Waals surface area contributed by atoms with Crippen molar-refractivity contribution < 1.29 is 27.1 Å². The van der Waals surface area contributed by atoms with E-state index in [1.165, 1.54) is 0 Å². The molecule has 2 aliphatic heterocycles. The molecule has 0 aliphatic carbocycles. The van der Waals surface area contributed by atoms with Crippen LogP contribution >= 0.6 is 0 Å². The van der Waals surface area contributed by atoms with Crippen molar-refractivity contribution in [1.82, 2.24) is 15.2 Å². The van der Waals surface area contributed by atoms with Crippen LogP contribution in [0.4, 0.5) is 30.6 Å². The Hall–Kier alpha value is -4.78. The number of benzene rings is 2. The lowest BCUT2D eigenvalue weighted by molar-refractivity contribution is -0.137. The van der Waals surface area contributed by atoms with Crippen molar-refractivity contribution in [3.05, 3.63) is 83.6 Å². The fourth-order valence-corrected chi connectivity index (χ4v) is 4.75. The van der Waals surface area contributed by atoms with Crippen molar-refractivity contribution in [3.8, 4) is 11.6 Å². The lowest BCUT2D eigenvalue weighted by Crippen LogP contribution is -2.44. The van der Waals surface area contributed by atoms with E-state index in [0.717, 1.165) is 23.4 Å². The van der Waals surface area contributed by atoms with Crippen LogP contribution in [0.15, 0.2) is 76.3 Å². The largest absolute Gasteiger partial charge is 0.417 e. The molecular weight excluding hydrogens is 539 g/mol. The predicted octanol–water partition coefficient (Wildman–Crippen LogP) is 4.60. The summed E-state index contributed by atoms with van der Waals surface area (Å²) in [5.41, 5.74) is 2.08. The maximum atomic E-state index is 13.6. The molecule has 2 aromatic carbocycles. The zero-order valence-electron chi connectivity index (χ0n) is 21.7. The molecule has 1 amide bonds. The number of nitrogens with one attached hydrogen (secondary N) is 2. The number of aromatic nitrogens is 3. The molecule has 13 heteroatoms. The molecule has 0 bridgehead atoms. The number of hydrogen-bond acceptors (Lipinski definition) is 9. The summed E-state index contributed by atoms with van der Waals surface area (Å²) in [6.45, 7) is 2.88. The molecule has 2 aliphatic rings. The molecule has 0 spiro atoms. The van der Waals surface area contributed by atoms with Crippen LogP contribution in [0.3, 0.4) is 0 Å². The van der Waals surface area contributed by atoms with Gasteiger partial charge in [-0.15, -0.1) is 5.10 Å². The topological polar surface area (TPSA) is 118 Å². The summed E-state index contributed by atoms with van der Waals surface area (Å²) in [7, 11) is 0. The summed E-state index contributed by atoms with van der Waals surface area (Å²) in [5.74, 6) is -0.571. The Kier molecular flexibility index (Phi) is 6.87. The van der Waals surface area contributed by atoms with Crippen LogP contribution < -0.4 is 15.5 Å². The van der Waals surface area contributed by atoms with Crippen molar-refractivity contribution in [2.45, 2.75) is 25.3 Å². The minimum absolute atomic E-state index is 0.0819. The SMILES string of the molecule is C[C@@H]1COCCN1c1cc(C(F)(F)F)cnc1-c1nnc(N[C@H]2N=C(c3ccccc3)c3ccccc3NC2=O)o1. The third-order valence-electron chi connectivity index (χ3n) is 6.75. The van der Waals surface area contributed by atoms with Crippen LogP contribution in [0.25, 0.3) is 11.6 Å². The molecule has 41 heavy (non-hydrogen) atoms. The molecule has 1 fully saturated rings. The number of anilines is 3. The Balaban J connectivity index is 1.35. The number of carbonyl (C=O) groups excluding carboxylic acids is 1. The number of carbonyl (C=O) groups is 1. The predicted molar refractivity (Wildman–Crippen MR) is 145 cm³/mol. The first-order valence-electron chi connectivity index (χ1n) is 12.8. The van der Waals surface area contributed by atoms with Crippen LogP contribution in [0.1, 0.15) is 23.6 Å².